The number of thiol groups is 1. The fourth-order valence-electron chi connectivity index (χ4n) is 1.57. The van der Waals surface area contributed by atoms with Crippen molar-refractivity contribution in [3.8, 4) is 10.6 Å². The van der Waals surface area contributed by atoms with E-state index in [-0.39, 0.29) is 5.56 Å². The first-order valence-electron chi connectivity index (χ1n) is 5.20. The van der Waals surface area contributed by atoms with Crippen molar-refractivity contribution in [1.29, 1.82) is 0 Å². The maximum Gasteiger partial charge on any atom is 0.136 e. The lowest BCUT2D eigenvalue weighted by Gasteiger charge is -2.00. The number of rotatable bonds is 4. The van der Waals surface area contributed by atoms with E-state index in [0.29, 0.717) is 23.1 Å². The van der Waals surface area contributed by atoms with Crippen LogP contribution in [0.3, 0.4) is 0 Å². The first-order chi connectivity index (χ1) is 8.67. The Kier molecular flexibility index (Phi) is 4.31. The maximum atomic E-state index is 13.6. The van der Waals surface area contributed by atoms with Gasteiger partial charge in [-0.05, 0) is 12.1 Å². The Balaban J connectivity index is 2.51. The molecule has 1 heterocycles. The van der Waals surface area contributed by atoms with Crippen LogP contribution < -0.4 is 0 Å². The van der Waals surface area contributed by atoms with Crippen molar-refractivity contribution in [2.24, 2.45) is 0 Å². The zero-order valence-corrected chi connectivity index (χ0v) is 11.3. The summed E-state index contributed by atoms with van der Waals surface area (Å²) in [6, 6.07) is 3.77. The third-order valence-electron chi connectivity index (χ3n) is 2.38. The number of thiazole rings is 1. The molecule has 0 aliphatic carbocycles. The van der Waals surface area contributed by atoms with E-state index in [2.05, 4.69) is 17.6 Å². The van der Waals surface area contributed by atoms with Gasteiger partial charge in [0.15, 0.2) is 0 Å². The van der Waals surface area contributed by atoms with E-state index in [1.807, 2.05) is 0 Å². The molecule has 0 saturated heterocycles. The van der Waals surface area contributed by atoms with Gasteiger partial charge in [0.2, 0.25) is 0 Å². The molecule has 0 spiro atoms. The fourth-order valence-corrected chi connectivity index (χ4v) is 2.91. The van der Waals surface area contributed by atoms with E-state index in [1.54, 1.807) is 7.11 Å². The summed E-state index contributed by atoms with van der Waals surface area (Å²) in [4.78, 5) is 5.09. The number of hydrogen-bond acceptors (Lipinski definition) is 4. The number of hydrogen-bond donors (Lipinski definition) is 1. The van der Waals surface area contributed by atoms with Gasteiger partial charge in [-0.15, -0.1) is 11.3 Å². The molecule has 0 amide bonds. The molecule has 0 N–H and O–H groups in total. The van der Waals surface area contributed by atoms with Crippen LogP contribution in [0.1, 0.15) is 10.6 Å². The summed E-state index contributed by atoms with van der Waals surface area (Å²) in [7, 11) is 1.55. The molecule has 0 fully saturated rings. The van der Waals surface area contributed by atoms with Crippen molar-refractivity contribution in [3.63, 3.8) is 0 Å². The van der Waals surface area contributed by atoms with Crippen LogP contribution in [0.5, 0.6) is 0 Å². The Hall–Kier alpha value is -0.980. The van der Waals surface area contributed by atoms with Crippen molar-refractivity contribution in [1.82, 2.24) is 4.98 Å². The zero-order valence-electron chi connectivity index (χ0n) is 9.61. The molecule has 18 heavy (non-hydrogen) atoms. The lowest BCUT2D eigenvalue weighted by Crippen LogP contribution is -1.93. The molecule has 6 heteroatoms. The summed E-state index contributed by atoms with van der Waals surface area (Å²) in [5, 5.41) is 0.321. The Morgan fingerprint density at radius 3 is 2.56 bits per heavy atom. The molecule has 0 aliphatic rings. The molecular formula is C12H11F2NOS2. The molecule has 0 radical (unpaired) electrons. The van der Waals surface area contributed by atoms with Gasteiger partial charge in [-0.3, -0.25) is 0 Å². The van der Waals surface area contributed by atoms with Gasteiger partial charge in [-0.1, -0.05) is 6.07 Å². The highest BCUT2D eigenvalue weighted by molar-refractivity contribution is 7.79. The van der Waals surface area contributed by atoms with Crippen LogP contribution in [0.4, 0.5) is 8.78 Å². The quantitative estimate of drug-likeness (QED) is 0.867. The lowest BCUT2D eigenvalue weighted by atomic mass is 10.2. The fraction of sp³-hybridized carbons (Fsp3) is 0.250. The van der Waals surface area contributed by atoms with Crippen LogP contribution in [0.25, 0.3) is 10.6 Å². The molecule has 2 aromatic rings. The minimum atomic E-state index is -0.613. The van der Waals surface area contributed by atoms with Crippen LogP contribution in [0, 0.1) is 11.6 Å². The molecule has 2 nitrogen and oxygen atoms in total. The molecule has 0 saturated carbocycles. The summed E-state index contributed by atoms with van der Waals surface area (Å²) in [5.41, 5.74) is 0.586. The monoisotopic (exact) mass is 287 g/mol. The standard InChI is InChI=1S/C12H11F2NOS2/c1-16-5-9-10(6-17)18-12(15-9)11-7(13)3-2-4-8(11)14/h2-4,17H,5-6H2,1H3. The van der Waals surface area contributed by atoms with Gasteiger partial charge in [0.05, 0.1) is 17.9 Å². The molecule has 0 atom stereocenters. The number of ether oxygens (including phenoxy) is 1. The summed E-state index contributed by atoms with van der Waals surface area (Å²) in [6.45, 7) is 0.308. The summed E-state index contributed by atoms with van der Waals surface area (Å²) in [5.74, 6) is -0.760. The number of methoxy groups -OCH3 is 1. The van der Waals surface area contributed by atoms with Gasteiger partial charge >= 0.3 is 0 Å². The second kappa shape index (κ2) is 5.77. The predicted octanol–water partition coefficient (Wildman–Crippen LogP) is 3.66. The second-order valence-corrected chi connectivity index (χ2v) is 4.98. The Morgan fingerprint density at radius 1 is 1.33 bits per heavy atom. The van der Waals surface area contributed by atoms with Crippen molar-refractivity contribution in [2.45, 2.75) is 12.4 Å². The zero-order chi connectivity index (χ0) is 13.1. The first-order valence-corrected chi connectivity index (χ1v) is 6.65. The van der Waals surface area contributed by atoms with E-state index >= 15 is 0 Å². The van der Waals surface area contributed by atoms with E-state index in [1.165, 1.54) is 29.5 Å². The van der Waals surface area contributed by atoms with Gasteiger partial charge in [0.1, 0.15) is 16.6 Å². The van der Waals surface area contributed by atoms with Crippen LogP contribution in [-0.2, 0) is 17.1 Å². The van der Waals surface area contributed by atoms with Gasteiger partial charge in [0.25, 0.3) is 0 Å². The van der Waals surface area contributed by atoms with Crippen LogP contribution in [0.2, 0.25) is 0 Å². The SMILES string of the molecule is COCc1nc(-c2c(F)cccc2F)sc1CS. The highest BCUT2D eigenvalue weighted by atomic mass is 32.1. The largest absolute Gasteiger partial charge is 0.378 e. The average Bonchev–Trinajstić information content (AvgIpc) is 2.72. The van der Waals surface area contributed by atoms with Gasteiger partial charge in [0, 0.05) is 17.7 Å². The normalized spacial score (nSPS) is 10.9. The van der Waals surface area contributed by atoms with Gasteiger partial charge < -0.3 is 4.74 Å². The summed E-state index contributed by atoms with van der Waals surface area (Å²) < 4.78 is 32.3. The number of aromatic nitrogens is 1. The van der Waals surface area contributed by atoms with Crippen LogP contribution in [-0.4, -0.2) is 12.1 Å². The maximum absolute atomic E-state index is 13.6. The molecule has 0 unspecified atom stereocenters. The molecule has 2 rings (SSSR count). The van der Waals surface area contributed by atoms with E-state index in [9.17, 15) is 8.78 Å². The first kappa shape index (κ1) is 13.5. The molecule has 0 bridgehead atoms. The number of halogens is 2. The van der Waals surface area contributed by atoms with Crippen LogP contribution >= 0.6 is 24.0 Å². The predicted molar refractivity (Wildman–Crippen MR) is 70.9 cm³/mol. The van der Waals surface area contributed by atoms with Gasteiger partial charge in [-0.2, -0.15) is 12.6 Å². The molecule has 1 aromatic heterocycles. The Morgan fingerprint density at radius 2 is 2.00 bits per heavy atom. The van der Waals surface area contributed by atoms with Crippen molar-refractivity contribution < 1.29 is 13.5 Å². The molecule has 96 valence electrons. The van der Waals surface area contributed by atoms with E-state index < -0.39 is 11.6 Å². The topological polar surface area (TPSA) is 22.1 Å². The lowest BCUT2D eigenvalue weighted by molar-refractivity contribution is 0.181. The average molecular weight is 287 g/mol. The van der Waals surface area contributed by atoms with Gasteiger partial charge in [-0.25, -0.2) is 13.8 Å². The molecular weight excluding hydrogens is 276 g/mol. The Bertz CT molecular complexity index is 537. The minimum absolute atomic E-state index is 0.0899. The number of benzene rings is 1. The van der Waals surface area contributed by atoms with Crippen molar-refractivity contribution in [2.75, 3.05) is 7.11 Å². The molecule has 1 aromatic carbocycles. The third-order valence-corrected chi connectivity index (χ3v) is 4.02. The highest BCUT2D eigenvalue weighted by Gasteiger charge is 2.17. The summed E-state index contributed by atoms with van der Waals surface area (Å²) in [6.07, 6.45) is 0. The number of nitrogens with zero attached hydrogens (tertiary/aromatic N) is 1. The molecule has 0 aliphatic heterocycles. The van der Waals surface area contributed by atoms with E-state index in [0.717, 1.165) is 4.88 Å². The Labute approximate surface area is 113 Å². The van der Waals surface area contributed by atoms with Crippen molar-refractivity contribution in [3.05, 3.63) is 40.4 Å². The van der Waals surface area contributed by atoms with Crippen molar-refractivity contribution >= 4 is 24.0 Å². The van der Waals surface area contributed by atoms with Crippen LogP contribution in [0.15, 0.2) is 18.2 Å². The van der Waals surface area contributed by atoms with E-state index in [4.69, 9.17) is 4.74 Å². The summed E-state index contributed by atoms with van der Waals surface area (Å²) >= 11 is 5.41. The highest BCUT2D eigenvalue weighted by Crippen LogP contribution is 2.32. The second-order valence-electron chi connectivity index (χ2n) is 3.58. The minimum Gasteiger partial charge on any atom is -0.378 e. The third kappa shape index (κ3) is 2.55. The smallest absolute Gasteiger partial charge is 0.136 e.